The molecule has 7 heteroatoms. The first kappa shape index (κ1) is 23.2. The van der Waals surface area contributed by atoms with Crippen LogP contribution >= 0.6 is 24.0 Å². The third kappa shape index (κ3) is 6.38. The Morgan fingerprint density at radius 3 is 2.19 bits per heavy atom. The minimum Gasteiger partial charge on any atom is -0.493 e. The lowest BCUT2D eigenvalue weighted by Gasteiger charge is -2.14. The van der Waals surface area contributed by atoms with Gasteiger partial charge in [0.05, 0.1) is 33.0 Å². The van der Waals surface area contributed by atoms with Crippen molar-refractivity contribution >= 4 is 24.0 Å². The van der Waals surface area contributed by atoms with E-state index in [0.717, 1.165) is 30.0 Å². The zero-order chi connectivity index (χ0) is 18.9. The number of halogens is 2. The van der Waals surface area contributed by atoms with E-state index in [-0.39, 0.29) is 12.4 Å². The van der Waals surface area contributed by atoms with Gasteiger partial charge in [0.15, 0.2) is 23.0 Å². The fraction of sp³-hybridized carbons (Fsp3) is 0.400. The van der Waals surface area contributed by atoms with Gasteiger partial charge in [-0.2, -0.15) is 0 Å². The second-order valence-corrected chi connectivity index (χ2v) is 6.07. The van der Waals surface area contributed by atoms with Crippen molar-refractivity contribution in [1.29, 1.82) is 0 Å². The summed E-state index contributed by atoms with van der Waals surface area (Å²) in [4.78, 5) is 0. The van der Waals surface area contributed by atoms with Crippen LogP contribution in [0.25, 0.3) is 0 Å². The molecule has 1 N–H and O–H groups in total. The number of ether oxygens (including phenoxy) is 4. The summed E-state index contributed by atoms with van der Waals surface area (Å²) < 4.78 is 21.5. The SMILES string of the molecule is CCOc1c(Cl)cc(CNCCc2ccc(OC)c(OC)c2)cc1OC.Cl. The standard InChI is InChI=1S/C20H26ClNO4.ClH/c1-5-26-20-16(21)10-15(12-19(20)25-4)13-22-9-8-14-6-7-17(23-2)18(11-14)24-3;/h6-7,10-12,22H,5,8-9,13H2,1-4H3;1H. The molecule has 0 saturated carbocycles. The minimum absolute atomic E-state index is 0. The van der Waals surface area contributed by atoms with Crippen molar-refractivity contribution in [1.82, 2.24) is 5.32 Å². The fourth-order valence-corrected chi connectivity index (χ4v) is 2.95. The smallest absolute Gasteiger partial charge is 0.179 e. The van der Waals surface area contributed by atoms with Crippen LogP contribution in [-0.4, -0.2) is 34.5 Å². The molecule has 0 amide bonds. The second-order valence-electron chi connectivity index (χ2n) is 5.66. The van der Waals surface area contributed by atoms with E-state index < -0.39 is 0 Å². The number of hydrogen-bond donors (Lipinski definition) is 1. The molecule has 0 radical (unpaired) electrons. The van der Waals surface area contributed by atoms with E-state index in [9.17, 15) is 0 Å². The lowest BCUT2D eigenvalue weighted by Crippen LogP contribution is -2.17. The highest BCUT2D eigenvalue weighted by Gasteiger charge is 2.11. The maximum atomic E-state index is 6.30. The van der Waals surface area contributed by atoms with Crippen molar-refractivity contribution in [3.8, 4) is 23.0 Å². The zero-order valence-corrected chi connectivity index (χ0v) is 17.7. The highest BCUT2D eigenvalue weighted by Crippen LogP contribution is 2.36. The third-order valence-corrected chi connectivity index (χ3v) is 4.23. The number of benzene rings is 2. The van der Waals surface area contributed by atoms with Gasteiger partial charge in [-0.15, -0.1) is 12.4 Å². The lowest BCUT2D eigenvalue weighted by molar-refractivity contribution is 0.311. The van der Waals surface area contributed by atoms with E-state index in [4.69, 9.17) is 30.5 Å². The van der Waals surface area contributed by atoms with Crippen molar-refractivity contribution in [2.24, 2.45) is 0 Å². The summed E-state index contributed by atoms with van der Waals surface area (Å²) in [5.41, 5.74) is 2.22. The van der Waals surface area contributed by atoms with Crippen LogP contribution in [-0.2, 0) is 13.0 Å². The summed E-state index contributed by atoms with van der Waals surface area (Å²) in [5.74, 6) is 2.72. The minimum atomic E-state index is 0. The lowest BCUT2D eigenvalue weighted by atomic mass is 10.1. The number of rotatable bonds is 10. The van der Waals surface area contributed by atoms with Crippen LogP contribution in [0.2, 0.25) is 5.02 Å². The first-order valence-corrected chi connectivity index (χ1v) is 8.91. The van der Waals surface area contributed by atoms with Gasteiger partial charge in [0.25, 0.3) is 0 Å². The molecule has 0 aromatic heterocycles. The van der Waals surface area contributed by atoms with Gasteiger partial charge in [0.2, 0.25) is 0 Å². The summed E-state index contributed by atoms with van der Waals surface area (Å²) in [6.07, 6.45) is 0.877. The largest absolute Gasteiger partial charge is 0.493 e. The number of hydrogen-bond acceptors (Lipinski definition) is 5. The van der Waals surface area contributed by atoms with Crippen molar-refractivity contribution in [2.45, 2.75) is 19.9 Å². The molecule has 27 heavy (non-hydrogen) atoms. The Kier molecular flexibility index (Phi) is 10.1. The third-order valence-electron chi connectivity index (χ3n) is 3.95. The normalized spacial score (nSPS) is 10.1. The zero-order valence-electron chi connectivity index (χ0n) is 16.1. The molecule has 150 valence electrons. The van der Waals surface area contributed by atoms with Crippen molar-refractivity contribution in [2.75, 3.05) is 34.5 Å². The predicted molar refractivity (Wildman–Crippen MR) is 111 cm³/mol. The van der Waals surface area contributed by atoms with E-state index in [1.54, 1.807) is 21.3 Å². The molecule has 0 aliphatic carbocycles. The molecule has 2 rings (SSSR count). The second kappa shape index (κ2) is 11.8. The summed E-state index contributed by atoms with van der Waals surface area (Å²) in [6, 6.07) is 9.81. The topological polar surface area (TPSA) is 49.0 Å². The first-order valence-electron chi connectivity index (χ1n) is 8.53. The van der Waals surface area contributed by atoms with Crippen molar-refractivity contribution in [3.63, 3.8) is 0 Å². The first-order chi connectivity index (χ1) is 12.6. The quantitative estimate of drug-likeness (QED) is 0.578. The van der Waals surface area contributed by atoms with Crippen LogP contribution in [0.3, 0.4) is 0 Å². The molecule has 0 atom stereocenters. The van der Waals surface area contributed by atoms with Crippen molar-refractivity contribution < 1.29 is 18.9 Å². The Bertz CT molecular complexity index is 725. The van der Waals surface area contributed by atoms with Gasteiger partial charge < -0.3 is 24.3 Å². The Morgan fingerprint density at radius 2 is 1.56 bits per heavy atom. The van der Waals surface area contributed by atoms with Gasteiger partial charge >= 0.3 is 0 Å². The molecule has 0 unspecified atom stereocenters. The Balaban J connectivity index is 0.00000364. The molecule has 0 aliphatic rings. The average molecular weight is 416 g/mol. The maximum Gasteiger partial charge on any atom is 0.179 e. The highest BCUT2D eigenvalue weighted by molar-refractivity contribution is 6.32. The summed E-state index contributed by atoms with van der Waals surface area (Å²) >= 11 is 6.30. The molecule has 0 saturated heterocycles. The van der Waals surface area contributed by atoms with Gasteiger partial charge in [0, 0.05) is 6.54 Å². The van der Waals surface area contributed by atoms with Gasteiger partial charge in [-0.3, -0.25) is 0 Å². The Morgan fingerprint density at radius 1 is 0.889 bits per heavy atom. The molecule has 5 nitrogen and oxygen atoms in total. The Hall–Kier alpha value is -1.82. The van der Waals surface area contributed by atoms with E-state index in [0.29, 0.717) is 29.7 Å². The van der Waals surface area contributed by atoms with E-state index in [1.165, 1.54) is 5.56 Å². The number of nitrogens with one attached hydrogen (secondary N) is 1. The molecule has 0 bridgehead atoms. The van der Waals surface area contributed by atoms with Crippen LogP contribution in [0.5, 0.6) is 23.0 Å². The van der Waals surface area contributed by atoms with E-state index >= 15 is 0 Å². The van der Waals surface area contributed by atoms with Crippen LogP contribution < -0.4 is 24.3 Å². The van der Waals surface area contributed by atoms with E-state index in [2.05, 4.69) is 5.32 Å². The average Bonchev–Trinajstić information content (AvgIpc) is 2.66. The highest BCUT2D eigenvalue weighted by atomic mass is 35.5. The molecule has 2 aromatic carbocycles. The maximum absolute atomic E-state index is 6.30. The fourth-order valence-electron chi connectivity index (χ4n) is 2.66. The molecule has 2 aromatic rings. The van der Waals surface area contributed by atoms with Gasteiger partial charge in [-0.05, 0) is 55.3 Å². The molecule has 0 aliphatic heterocycles. The molecule has 0 fully saturated rings. The monoisotopic (exact) mass is 415 g/mol. The number of methoxy groups -OCH3 is 3. The summed E-state index contributed by atoms with van der Waals surface area (Å²) in [6.45, 7) is 3.97. The molecular weight excluding hydrogens is 389 g/mol. The van der Waals surface area contributed by atoms with Crippen LogP contribution in [0.15, 0.2) is 30.3 Å². The molecular formula is C20H27Cl2NO4. The van der Waals surface area contributed by atoms with Gasteiger partial charge in [0.1, 0.15) is 0 Å². The van der Waals surface area contributed by atoms with Gasteiger partial charge in [-0.1, -0.05) is 17.7 Å². The van der Waals surface area contributed by atoms with Crippen LogP contribution in [0.4, 0.5) is 0 Å². The predicted octanol–water partition coefficient (Wildman–Crippen LogP) is 4.52. The van der Waals surface area contributed by atoms with E-state index in [1.807, 2.05) is 37.3 Å². The van der Waals surface area contributed by atoms with Crippen LogP contribution in [0, 0.1) is 0 Å². The molecule has 0 spiro atoms. The Labute approximate surface area is 172 Å². The summed E-state index contributed by atoms with van der Waals surface area (Å²) in [5, 5.41) is 3.98. The van der Waals surface area contributed by atoms with Crippen LogP contribution in [0.1, 0.15) is 18.1 Å². The van der Waals surface area contributed by atoms with Gasteiger partial charge in [-0.25, -0.2) is 0 Å². The summed E-state index contributed by atoms with van der Waals surface area (Å²) in [7, 11) is 4.89. The molecule has 0 heterocycles. The van der Waals surface area contributed by atoms with Crippen molar-refractivity contribution in [3.05, 3.63) is 46.5 Å².